The Balaban J connectivity index is 2.43. The molecule has 2 aromatic rings. The first kappa shape index (κ1) is 9.73. The van der Waals surface area contributed by atoms with E-state index in [4.69, 9.17) is 17.4 Å². The molecule has 0 aliphatic heterocycles. The van der Waals surface area contributed by atoms with Crippen LogP contribution in [0, 0.1) is 0 Å². The molecule has 0 fully saturated rings. The molecule has 0 spiro atoms. The van der Waals surface area contributed by atoms with Crippen LogP contribution >= 0.6 is 11.6 Å². The van der Waals surface area contributed by atoms with Gasteiger partial charge in [-0.25, -0.2) is 4.98 Å². The highest BCUT2D eigenvalue weighted by Crippen LogP contribution is 2.20. The molecule has 0 amide bonds. The van der Waals surface area contributed by atoms with Gasteiger partial charge in [0, 0.05) is 12.4 Å². The maximum absolute atomic E-state index is 6.11. The van der Waals surface area contributed by atoms with Gasteiger partial charge in [0.05, 0.1) is 23.3 Å². The zero-order chi connectivity index (χ0) is 10.7. The molecule has 0 radical (unpaired) electrons. The van der Waals surface area contributed by atoms with Crippen molar-refractivity contribution in [1.29, 1.82) is 0 Å². The van der Waals surface area contributed by atoms with Crippen molar-refractivity contribution in [3.05, 3.63) is 47.5 Å². The Labute approximate surface area is 92.0 Å². The van der Waals surface area contributed by atoms with E-state index in [9.17, 15) is 0 Å². The second-order valence-electron chi connectivity index (χ2n) is 2.96. The van der Waals surface area contributed by atoms with Gasteiger partial charge >= 0.3 is 0 Å². The molecule has 0 aliphatic rings. The number of benzene rings is 1. The lowest BCUT2D eigenvalue weighted by molar-refractivity contribution is 1.06. The first-order valence-corrected chi connectivity index (χ1v) is 4.70. The average Bonchev–Trinajstić information content (AvgIpc) is 2.71. The summed E-state index contributed by atoms with van der Waals surface area (Å²) >= 11 is 6.11. The third-order valence-corrected chi connectivity index (χ3v) is 2.28. The lowest BCUT2D eigenvalue weighted by Gasteiger charge is -2.05. The minimum absolute atomic E-state index is 0.630. The summed E-state index contributed by atoms with van der Waals surface area (Å²) in [5.41, 5.74) is 1.75. The number of hydrogen-bond donors (Lipinski definition) is 1. The number of nitrogens with two attached hydrogens (primary N) is 1. The SMILES string of the molecule is NN=Cc1ccc(-n2ccnc2)c(Cl)c1. The zero-order valence-corrected chi connectivity index (χ0v) is 8.59. The van der Waals surface area contributed by atoms with Gasteiger partial charge in [-0.2, -0.15) is 5.10 Å². The molecule has 5 heteroatoms. The van der Waals surface area contributed by atoms with E-state index >= 15 is 0 Å². The first-order valence-electron chi connectivity index (χ1n) is 4.32. The summed E-state index contributed by atoms with van der Waals surface area (Å²) in [6.45, 7) is 0. The van der Waals surface area contributed by atoms with E-state index in [1.54, 1.807) is 24.8 Å². The van der Waals surface area contributed by atoms with Crippen LogP contribution < -0.4 is 5.84 Å². The number of halogens is 1. The fraction of sp³-hybridized carbons (Fsp3) is 0. The molecule has 1 aromatic heterocycles. The predicted octanol–water partition coefficient (Wildman–Crippen LogP) is 1.82. The number of imidazole rings is 1. The van der Waals surface area contributed by atoms with Crippen LogP contribution in [-0.4, -0.2) is 15.8 Å². The second kappa shape index (κ2) is 4.14. The van der Waals surface area contributed by atoms with E-state index in [0.717, 1.165) is 11.3 Å². The van der Waals surface area contributed by atoms with Crippen LogP contribution in [0.15, 0.2) is 42.0 Å². The second-order valence-corrected chi connectivity index (χ2v) is 3.37. The normalized spacial score (nSPS) is 11.0. The van der Waals surface area contributed by atoms with Crippen molar-refractivity contribution >= 4 is 17.8 Å². The van der Waals surface area contributed by atoms with Crippen LogP contribution in [0.4, 0.5) is 0 Å². The quantitative estimate of drug-likeness (QED) is 0.477. The summed E-state index contributed by atoms with van der Waals surface area (Å²) < 4.78 is 1.84. The van der Waals surface area contributed by atoms with Crippen LogP contribution in [-0.2, 0) is 0 Å². The van der Waals surface area contributed by atoms with Crippen LogP contribution in [0.2, 0.25) is 5.02 Å². The Morgan fingerprint density at radius 2 is 2.33 bits per heavy atom. The number of aromatic nitrogens is 2. The molecule has 4 nitrogen and oxygen atoms in total. The molecule has 76 valence electrons. The van der Waals surface area contributed by atoms with Crippen molar-refractivity contribution in [1.82, 2.24) is 9.55 Å². The van der Waals surface area contributed by atoms with Gasteiger partial charge in [-0.3, -0.25) is 0 Å². The summed E-state index contributed by atoms with van der Waals surface area (Å²) in [5, 5.41) is 4.07. The highest BCUT2D eigenvalue weighted by Gasteiger charge is 2.02. The van der Waals surface area contributed by atoms with Crippen LogP contribution in [0.1, 0.15) is 5.56 Å². The molecule has 0 atom stereocenters. The Hall–Kier alpha value is -1.81. The van der Waals surface area contributed by atoms with Crippen LogP contribution in [0.3, 0.4) is 0 Å². The van der Waals surface area contributed by atoms with Gasteiger partial charge in [0.1, 0.15) is 0 Å². The van der Waals surface area contributed by atoms with Gasteiger partial charge in [-0.1, -0.05) is 17.7 Å². The third-order valence-electron chi connectivity index (χ3n) is 1.98. The monoisotopic (exact) mass is 220 g/mol. The van der Waals surface area contributed by atoms with Gasteiger partial charge in [-0.15, -0.1) is 0 Å². The molecule has 0 aliphatic carbocycles. The topological polar surface area (TPSA) is 56.2 Å². The Morgan fingerprint density at radius 1 is 1.47 bits per heavy atom. The summed E-state index contributed by atoms with van der Waals surface area (Å²) in [5.74, 6) is 5.05. The average molecular weight is 221 g/mol. The molecule has 0 bridgehead atoms. The fourth-order valence-electron chi connectivity index (χ4n) is 1.30. The smallest absolute Gasteiger partial charge is 0.0992 e. The number of nitrogens with zero attached hydrogens (tertiary/aromatic N) is 3. The van der Waals surface area contributed by atoms with E-state index in [-0.39, 0.29) is 0 Å². The Kier molecular flexibility index (Phi) is 2.69. The minimum atomic E-state index is 0.630. The number of hydrazone groups is 1. The highest BCUT2D eigenvalue weighted by atomic mass is 35.5. The van der Waals surface area contributed by atoms with Crippen molar-refractivity contribution in [2.75, 3.05) is 0 Å². The molecule has 1 aromatic carbocycles. The van der Waals surface area contributed by atoms with Gasteiger partial charge in [0.2, 0.25) is 0 Å². The molecule has 0 saturated heterocycles. The fourth-order valence-corrected chi connectivity index (χ4v) is 1.59. The third kappa shape index (κ3) is 1.99. The molecule has 2 N–H and O–H groups in total. The Bertz CT molecular complexity index is 476. The standard InChI is InChI=1S/C10H9ClN4/c11-9-5-8(6-14-12)1-2-10(9)15-4-3-13-7-15/h1-7H,12H2. The summed E-state index contributed by atoms with van der Waals surface area (Å²) in [6, 6.07) is 5.58. The van der Waals surface area contributed by atoms with Crippen molar-refractivity contribution in [3.63, 3.8) is 0 Å². The number of rotatable bonds is 2. The van der Waals surface area contributed by atoms with E-state index in [2.05, 4.69) is 10.1 Å². The van der Waals surface area contributed by atoms with E-state index in [0.29, 0.717) is 5.02 Å². The molecule has 15 heavy (non-hydrogen) atoms. The molecule has 0 saturated carbocycles. The van der Waals surface area contributed by atoms with Crippen molar-refractivity contribution in [2.45, 2.75) is 0 Å². The maximum atomic E-state index is 6.11. The summed E-state index contributed by atoms with van der Waals surface area (Å²) in [6.07, 6.45) is 6.77. The van der Waals surface area contributed by atoms with Crippen molar-refractivity contribution in [3.8, 4) is 5.69 Å². The van der Waals surface area contributed by atoms with Crippen LogP contribution in [0.5, 0.6) is 0 Å². The molecule has 1 heterocycles. The van der Waals surface area contributed by atoms with Gasteiger partial charge in [-0.05, 0) is 17.7 Å². The van der Waals surface area contributed by atoms with E-state index < -0.39 is 0 Å². The minimum Gasteiger partial charge on any atom is -0.323 e. The van der Waals surface area contributed by atoms with Crippen molar-refractivity contribution < 1.29 is 0 Å². The number of hydrogen-bond acceptors (Lipinski definition) is 3. The Morgan fingerprint density at radius 3 is 2.93 bits per heavy atom. The van der Waals surface area contributed by atoms with Gasteiger partial charge in [0.25, 0.3) is 0 Å². The van der Waals surface area contributed by atoms with E-state index in [1.807, 2.05) is 22.9 Å². The lowest BCUT2D eigenvalue weighted by Crippen LogP contribution is -1.93. The summed E-state index contributed by atoms with van der Waals surface area (Å²) in [4.78, 5) is 3.96. The lowest BCUT2D eigenvalue weighted by atomic mass is 10.2. The van der Waals surface area contributed by atoms with E-state index in [1.165, 1.54) is 0 Å². The molecule has 0 unspecified atom stereocenters. The molecule has 2 rings (SSSR count). The van der Waals surface area contributed by atoms with Crippen molar-refractivity contribution in [2.24, 2.45) is 10.9 Å². The van der Waals surface area contributed by atoms with Crippen LogP contribution in [0.25, 0.3) is 5.69 Å². The predicted molar refractivity (Wildman–Crippen MR) is 60.4 cm³/mol. The largest absolute Gasteiger partial charge is 0.323 e. The first-order chi connectivity index (χ1) is 7.31. The molecular formula is C10H9ClN4. The highest BCUT2D eigenvalue weighted by molar-refractivity contribution is 6.32. The van der Waals surface area contributed by atoms with Gasteiger partial charge < -0.3 is 10.4 Å². The molecular weight excluding hydrogens is 212 g/mol. The maximum Gasteiger partial charge on any atom is 0.0992 e. The summed E-state index contributed by atoms with van der Waals surface area (Å²) in [7, 11) is 0. The zero-order valence-electron chi connectivity index (χ0n) is 7.84. The van der Waals surface area contributed by atoms with Gasteiger partial charge in [0.15, 0.2) is 0 Å².